The van der Waals surface area contributed by atoms with Gasteiger partial charge in [-0.25, -0.2) is 4.98 Å². The first-order chi connectivity index (χ1) is 11.0. The second-order valence-electron chi connectivity index (χ2n) is 6.05. The van der Waals surface area contributed by atoms with Crippen molar-refractivity contribution in [2.24, 2.45) is 0 Å². The van der Waals surface area contributed by atoms with Gasteiger partial charge in [0.25, 0.3) is 0 Å². The fraction of sp³-hybridized carbons (Fsp3) is 0.316. The monoisotopic (exact) mass is 310 g/mol. The van der Waals surface area contributed by atoms with E-state index in [-0.39, 0.29) is 6.61 Å². The molecular weight excluding hydrogens is 288 g/mol. The summed E-state index contributed by atoms with van der Waals surface area (Å²) in [5.74, 6) is 0.813. The van der Waals surface area contributed by atoms with Gasteiger partial charge in [-0.3, -0.25) is 0 Å². The highest BCUT2D eigenvalue weighted by Crippen LogP contribution is 2.19. The Balaban J connectivity index is 1.69. The van der Waals surface area contributed by atoms with E-state index in [1.54, 1.807) is 6.33 Å². The summed E-state index contributed by atoms with van der Waals surface area (Å²) in [4.78, 5) is 4.42. The SMILES string of the molecule is Cc1cc2ncn(C[C@@H](O)COc3ccccc3C)c2cc1C. The van der Waals surface area contributed by atoms with Crippen LogP contribution in [0.2, 0.25) is 0 Å². The average Bonchev–Trinajstić information content (AvgIpc) is 2.89. The van der Waals surface area contributed by atoms with Crippen molar-refractivity contribution in [2.45, 2.75) is 33.4 Å². The smallest absolute Gasteiger partial charge is 0.122 e. The molecule has 0 spiro atoms. The number of hydrogen-bond acceptors (Lipinski definition) is 3. The van der Waals surface area contributed by atoms with Crippen LogP contribution in [0.4, 0.5) is 0 Å². The third-order valence-electron chi connectivity index (χ3n) is 4.17. The van der Waals surface area contributed by atoms with Gasteiger partial charge in [0.05, 0.1) is 23.9 Å². The molecule has 3 aromatic rings. The van der Waals surface area contributed by atoms with Crippen LogP contribution in [0.3, 0.4) is 0 Å². The first kappa shape index (κ1) is 15.6. The maximum absolute atomic E-state index is 10.3. The quantitative estimate of drug-likeness (QED) is 0.785. The van der Waals surface area contributed by atoms with E-state index >= 15 is 0 Å². The number of nitrogens with zero attached hydrogens (tertiary/aromatic N) is 2. The highest BCUT2D eigenvalue weighted by atomic mass is 16.5. The minimum absolute atomic E-state index is 0.259. The third-order valence-corrected chi connectivity index (χ3v) is 4.17. The molecule has 1 heterocycles. The van der Waals surface area contributed by atoms with Crippen LogP contribution in [0.15, 0.2) is 42.7 Å². The van der Waals surface area contributed by atoms with Gasteiger partial charge in [0.15, 0.2) is 0 Å². The Morgan fingerprint density at radius 2 is 1.83 bits per heavy atom. The lowest BCUT2D eigenvalue weighted by Crippen LogP contribution is -2.23. The zero-order valence-electron chi connectivity index (χ0n) is 13.8. The maximum Gasteiger partial charge on any atom is 0.122 e. The maximum atomic E-state index is 10.3. The molecule has 0 unspecified atom stereocenters. The highest BCUT2D eigenvalue weighted by molar-refractivity contribution is 5.77. The summed E-state index contributed by atoms with van der Waals surface area (Å²) in [7, 11) is 0. The number of aliphatic hydroxyl groups is 1. The molecule has 0 fully saturated rings. The molecule has 0 aliphatic rings. The number of hydrogen-bond donors (Lipinski definition) is 1. The van der Waals surface area contributed by atoms with Gasteiger partial charge in [0, 0.05) is 0 Å². The Morgan fingerprint density at radius 1 is 1.09 bits per heavy atom. The Morgan fingerprint density at radius 3 is 2.61 bits per heavy atom. The van der Waals surface area contributed by atoms with E-state index in [1.165, 1.54) is 11.1 Å². The van der Waals surface area contributed by atoms with Crippen molar-refractivity contribution in [2.75, 3.05) is 6.61 Å². The van der Waals surface area contributed by atoms with E-state index in [0.29, 0.717) is 6.54 Å². The summed E-state index contributed by atoms with van der Waals surface area (Å²) >= 11 is 0. The molecule has 1 aromatic heterocycles. The predicted octanol–water partition coefficient (Wildman–Crippen LogP) is 3.40. The summed E-state index contributed by atoms with van der Waals surface area (Å²) in [6.07, 6.45) is 1.19. The van der Waals surface area contributed by atoms with E-state index in [4.69, 9.17) is 4.74 Å². The van der Waals surface area contributed by atoms with Crippen molar-refractivity contribution in [3.8, 4) is 5.75 Å². The minimum Gasteiger partial charge on any atom is -0.491 e. The Bertz CT molecular complexity index is 823. The lowest BCUT2D eigenvalue weighted by Gasteiger charge is -2.15. The van der Waals surface area contributed by atoms with Crippen LogP contribution in [0, 0.1) is 20.8 Å². The Labute approximate surface area is 136 Å². The van der Waals surface area contributed by atoms with Crippen LogP contribution in [0.25, 0.3) is 11.0 Å². The highest BCUT2D eigenvalue weighted by Gasteiger charge is 2.11. The molecule has 120 valence electrons. The summed E-state index contributed by atoms with van der Waals surface area (Å²) in [6.45, 7) is 6.89. The molecule has 4 heteroatoms. The van der Waals surface area contributed by atoms with E-state index in [9.17, 15) is 5.11 Å². The first-order valence-electron chi connectivity index (χ1n) is 7.83. The van der Waals surface area contributed by atoms with Crippen molar-refractivity contribution in [1.82, 2.24) is 9.55 Å². The number of aliphatic hydroxyl groups excluding tert-OH is 1. The van der Waals surface area contributed by atoms with Crippen LogP contribution in [0.5, 0.6) is 5.75 Å². The van der Waals surface area contributed by atoms with Crippen molar-refractivity contribution in [3.63, 3.8) is 0 Å². The van der Waals surface area contributed by atoms with Gasteiger partial charge in [-0.1, -0.05) is 18.2 Å². The van der Waals surface area contributed by atoms with Crippen LogP contribution in [0.1, 0.15) is 16.7 Å². The zero-order valence-corrected chi connectivity index (χ0v) is 13.8. The molecule has 0 amide bonds. The van der Waals surface area contributed by atoms with Crippen LogP contribution in [-0.4, -0.2) is 27.4 Å². The number of aryl methyl sites for hydroxylation is 3. The number of para-hydroxylation sites is 1. The van der Waals surface area contributed by atoms with Gasteiger partial charge in [-0.05, 0) is 55.7 Å². The molecule has 0 aliphatic heterocycles. The third kappa shape index (κ3) is 3.37. The molecule has 1 atom stereocenters. The standard InChI is InChI=1S/C19H22N2O2/c1-13-6-4-5-7-19(13)23-11-16(22)10-21-12-20-17-8-14(2)15(3)9-18(17)21/h4-9,12,16,22H,10-11H2,1-3H3/t16-/m1/s1. The Hall–Kier alpha value is -2.33. The molecule has 0 saturated carbocycles. The van der Waals surface area contributed by atoms with Gasteiger partial charge < -0.3 is 14.4 Å². The molecule has 0 bridgehead atoms. The average molecular weight is 310 g/mol. The second kappa shape index (κ2) is 6.42. The fourth-order valence-corrected chi connectivity index (χ4v) is 2.64. The van der Waals surface area contributed by atoms with Crippen molar-refractivity contribution < 1.29 is 9.84 Å². The molecule has 0 saturated heterocycles. The van der Waals surface area contributed by atoms with Crippen LogP contribution in [-0.2, 0) is 6.54 Å². The summed E-state index contributed by atoms with van der Waals surface area (Å²) in [5.41, 5.74) is 5.53. The molecule has 1 N–H and O–H groups in total. The van der Waals surface area contributed by atoms with E-state index in [0.717, 1.165) is 22.3 Å². The lowest BCUT2D eigenvalue weighted by atomic mass is 10.1. The topological polar surface area (TPSA) is 47.3 Å². The normalized spacial score (nSPS) is 12.5. The Kier molecular flexibility index (Phi) is 4.35. The van der Waals surface area contributed by atoms with Crippen molar-refractivity contribution in [3.05, 3.63) is 59.4 Å². The molecular formula is C19H22N2O2. The van der Waals surface area contributed by atoms with Crippen molar-refractivity contribution >= 4 is 11.0 Å². The molecule has 0 aliphatic carbocycles. The molecule has 2 aromatic carbocycles. The molecule has 0 radical (unpaired) electrons. The van der Waals surface area contributed by atoms with Crippen molar-refractivity contribution in [1.29, 1.82) is 0 Å². The van der Waals surface area contributed by atoms with E-state index in [1.807, 2.05) is 35.8 Å². The molecule has 3 rings (SSSR count). The van der Waals surface area contributed by atoms with Gasteiger partial charge in [-0.2, -0.15) is 0 Å². The fourth-order valence-electron chi connectivity index (χ4n) is 2.64. The molecule has 4 nitrogen and oxygen atoms in total. The largest absolute Gasteiger partial charge is 0.491 e. The number of rotatable bonds is 5. The predicted molar refractivity (Wildman–Crippen MR) is 91.9 cm³/mol. The minimum atomic E-state index is -0.589. The summed E-state index contributed by atoms with van der Waals surface area (Å²) < 4.78 is 7.70. The zero-order chi connectivity index (χ0) is 16.4. The molecule has 23 heavy (non-hydrogen) atoms. The first-order valence-corrected chi connectivity index (χ1v) is 7.83. The summed E-state index contributed by atoms with van der Waals surface area (Å²) in [5, 5.41) is 10.3. The van der Waals surface area contributed by atoms with Gasteiger partial charge >= 0.3 is 0 Å². The number of ether oxygens (including phenoxy) is 1. The van der Waals surface area contributed by atoms with Gasteiger partial charge in [-0.15, -0.1) is 0 Å². The van der Waals surface area contributed by atoms with Gasteiger partial charge in [0.2, 0.25) is 0 Å². The van der Waals surface area contributed by atoms with E-state index in [2.05, 4.69) is 31.0 Å². The second-order valence-corrected chi connectivity index (χ2v) is 6.05. The summed E-state index contributed by atoms with van der Waals surface area (Å²) in [6, 6.07) is 12.0. The number of benzene rings is 2. The van der Waals surface area contributed by atoms with E-state index < -0.39 is 6.10 Å². The lowest BCUT2D eigenvalue weighted by molar-refractivity contribution is 0.0931. The number of aromatic nitrogens is 2. The van der Waals surface area contributed by atoms with Crippen LogP contribution < -0.4 is 4.74 Å². The number of fused-ring (bicyclic) bond motifs is 1. The van der Waals surface area contributed by atoms with Gasteiger partial charge in [0.1, 0.15) is 18.5 Å². The number of imidazole rings is 1. The van der Waals surface area contributed by atoms with Crippen LogP contribution >= 0.6 is 0 Å².